The summed E-state index contributed by atoms with van der Waals surface area (Å²) in [7, 11) is 1.88. The van der Waals surface area contributed by atoms with Crippen LogP contribution in [0.25, 0.3) is 33.5 Å². The molecular weight excluding hydrogens is 397 g/mol. The highest BCUT2D eigenvalue weighted by molar-refractivity contribution is 5.96. The van der Waals surface area contributed by atoms with Crippen LogP contribution < -0.4 is 10.6 Å². The number of aromatic nitrogens is 4. The summed E-state index contributed by atoms with van der Waals surface area (Å²) in [5, 5.41) is 33.5. The van der Waals surface area contributed by atoms with E-state index in [9.17, 15) is 14.8 Å². The Hall–Kier alpha value is -4.03. The van der Waals surface area contributed by atoms with Gasteiger partial charge in [-0.2, -0.15) is 10.4 Å². The zero-order valence-electron chi connectivity index (χ0n) is 17.0. The summed E-state index contributed by atoms with van der Waals surface area (Å²) in [5.74, 6) is -0.111. The molecule has 0 spiro atoms. The molecule has 4 rings (SSSR count). The van der Waals surface area contributed by atoms with Crippen molar-refractivity contribution in [3.63, 3.8) is 0 Å². The predicted molar refractivity (Wildman–Crippen MR) is 116 cm³/mol. The number of likely N-dealkylation sites (N-methyl/N-ethyl adjacent to an activating group) is 1. The van der Waals surface area contributed by atoms with Gasteiger partial charge in [0.2, 0.25) is 0 Å². The molecule has 0 unspecified atom stereocenters. The van der Waals surface area contributed by atoms with Crippen molar-refractivity contribution in [2.45, 2.75) is 6.92 Å². The lowest BCUT2D eigenvalue weighted by atomic mass is 9.98. The van der Waals surface area contributed by atoms with Gasteiger partial charge in [-0.15, -0.1) is 0 Å². The molecule has 0 saturated carbocycles. The van der Waals surface area contributed by atoms with E-state index in [1.165, 1.54) is 12.1 Å². The summed E-state index contributed by atoms with van der Waals surface area (Å²) in [4.78, 5) is 8.88. The van der Waals surface area contributed by atoms with Gasteiger partial charge >= 0.3 is 0 Å². The number of hydrogen-bond donors (Lipinski definition) is 4. The second-order valence-corrected chi connectivity index (χ2v) is 7.00. The van der Waals surface area contributed by atoms with E-state index in [4.69, 9.17) is 0 Å². The van der Waals surface area contributed by atoms with Gasteiger partial charge < -0.3 is 15.7 Å². The molecule has 0 atom stereocenters. The molecule has 9 heteroatoms. The maximum atomic E-state index is 14.4. The average Bonchev–Trinajstić information content (AvgIpc) is 3.19. The minimum atomic E-state index is -0.663. The van der Waals surface area contributed by atoms with Crippen LogP contribution in [-0.4, -0.2) is 45.4 Å². The SMILES string of the molecule is CNCCNc1ccc(-c2[nH]nc3nc(-c4ccc(O)cc4F)c(C#N)c(C)c23)cn1. The highest BCUT2D eigenvalue weighted by Crippen LogP contribution is 2.35. The number of aromatic hydroxyl groups is 1. The normalized spacial score (nSPS) is 10.9. The number of aromatic amines is 1. The van der Waals surface area contributed by atoms with Gasteiger partial charge in [0.1, 0.15) is 23.5 Å². The van der Waals surface area contributed by atoms with Crippen molar-refractivity contribution in [1.82, 2.24) is 25.5 Å². The topological polar surface area (TPSA) is 123 Å². The van der Waals surface area contributed by atoms with E-state index in [1.807, 2.05) is 19.2 Å². The smallest absolute Gasteiger partial charge is 0.182 e. The molecule has 156 valence electrons. The van der Waals surface area contributed by atoms with Gasteiger partial charge in [0.15, 0.2) is 5.65 Å². The number of pyridine rings is 2. The first kappa shape index (κ1) is 20.3. The van der Waals surface area contributed by atoms with E-state index >= 15 is 0 Å². The van der Waals surface area contributed by atoms with Gasteiger partial charge in [0, 0.05) is 36.5 Å². The second kappa shape index (κ2) is 8.38. The van der Waals surface area contributed by atoms with E-state index < -0.39 is 5.82 Å². The third kappa shape index (κ3) is 3.76. The number of fused-ring (bicyclic) bond motifs is 1. The summed E-state index contributed by atoms with van der Waals surface area (Å²) >= 11 is 0. The molecule has 8 nitrogen and oxygen atoms in total. The van der Waals surface area contributed by atoms with Gasteiger partial charge in [-0.25, -0.2) is 14.4 Å². The van der Waals surface area contributed by atoms with Gasteiger partial charge in [-0.1, -0.05) is 0 Å². The minimum Gasteiger partial charge on any atom is -0.508 e. The Labute approximate surface area is 177 Å². The monoisotopic (exact) mass is 417 g/mol. The molecular formula is C22H20FN7O. The van der Waals surface area contributed by atoms with Crippen LogP contribution in [0.5, 0.6) is 5.75 Å². The van der Waals surface area contributed by atoms with Crippen molar-refractivity contribution in [3.8, 4) is 34.3 Å². The van der Waals surface area contributed by atoms with Crippen LogP contribution in [0.3, 0.4) is 0 Å². The fraction of sp³-hybridized carbons (Fsp3) is 0.182. The summed E-state index contributed by atoms with van der Waals surface area (Å²) in [6.45, 7) is 3.35. The molecule has 0 bridgehead atoms. The lowest BCUT2D eigenvalue weighted by Gasteiger charge is -2.10. The zero-order chi connectivity index (χ0) is 22.0. The number of rotatable bonds is 6. The Kier molecular flexibility index (Phi) is 5.47. The molecule has 0 amide bonds. The van der Waals surface area contributed by atoms with Crippen molar-refractivity contribution < 1.29 is 9.50 Å². The zero-order valence-corrected chi connectivity index (χ0v) is 17.0. The number of halogens is 1. The molecule has 0 radical (unpaired) electrons. The highest BCUT2D eigenvalue weighted by Gasteiger charge is 2.21. The Bertz CT molecular complexity index is 1290. The maximum absolute atomic E-state index is 14.4. The van der Waals surface area contributed by atoms with Crippen LogP contribution in [0, 0.1) is 24.1 Å². The number of nitriles is 1. The lowest BCUT2D eigenvalue weighted by molar-refractivity contribution is 0.469. The Morgan fingerprint density at radius 2 is 2.06 bits per heavy atom. The van der Waals surface area contributed by atoms with Crippen molar-refractivity contribution >= 4 is 16.9 Å². The number of nitrogens with one attached hydrogen (secondary N) is 3. The second-order valence-electron chi connectivity index (χ2n) is 7.00. The maximum Gasteiger partial charge on any atom is 0.182 e. The molecule has 4 aromatic rings. The van der Waals surface area contributed by atoms with E-state index in [-0.39, 0.29) is 22.6 Å². The summed E-state index contributed by atoms with van der Waals surface area (Å²) in [5.41, 5.74) is 3.04. The first-order valence-electron chi connectivity index (χ1n) is 9.66. The van der Waals surface area contributed by atoms with Gasteiger partial charge in [-0.3, -0.25) is 5.10 Å². The number of aryl methyl sites for hydroxylation is 1. The van der Waals surface area contributed by atoms with Crippen molar-refractivity contribution in [2.75, 3.05) is 25.5 Å². The third-order valence-corrected chi connectivity index (χ3v) is 5.00. The molecule has 3 aromatic heterocycles. The Balaban J connectivity index is 1.79. The molecule has 31 heavy (non-hydrogen) atoms. The van der Waals surface area contributed by atoms with E-state index in [0.29, 0.717) is 22.3 Å². The van der Waals surface area contributed by atoms with Crippen LogP contribution in [0.2, 0.25) is 0 Å². The minimum absolute atomic E-state index is 0.127. The fourth-order valence-electron chi connectivity index (χ4n) is 3.43. The first-order chi connectivity index (χ1) is 15.0. The molecule has 4 N–H and O–H groups in total. The lowest BCUT2D eigenvalue weighted by Crippen LogP contribution is -2.18. The summed E-state index contributed by atoms with van der Waals surface area (Å²) < 4.78 is 14.4. The molecule has 3 heterocycles. The van der Waals surface area contributed by atoms with Crippen LogP contribution >= 0.6 is 0 Å². The Morgan fingerprint density at radius 3 is 2.74 bits per heavy atom. The largest absolute Gasteiger partial charge is 0.508 e. The molecule has 1 aromatic carbocycles. The summed E-state index contributed by atoms with van der Waals surface area (Å²) in [6.07, 6.45) is 1.72. The summed E-state index contributed by atoms with van der Waals surface area (Å²) in [6, 6.07) is 9.65. The van der Waals surface area contributed by atoms with Crippen LogP contribution in [0.4, 0.5) is 10.2 Å². The number of benzene rings is 1. The number of anilines is 1. The number of H-pyrrole nitrogens is 1. The highest BCUT2D eigenvalue weighted by atomic mass is 19.1. The van der Waals surface area contributed by atoms with Gasteiger partial charge in [0.25, 0.3) is 0 Å². The Morgan fingerprint density at radius 1 is 1.23 bits per heavy atom. The van der Waals surface area contributed by atoms with E-state index in [0.717, 1.165) is 30.5 Å². The number of phenolic OH excluding ortho intramolecular Hbond substituents is 1. The van der Waals surface area contributed by atoms with Crippen molar-refractivity contribution in [2.24, 2.45) is 0 Å². The van der Waals surface area contributed by atoms with Crippen molar-refractivity contribution in [1.29, 1.82) is 5.26 Å². The van der Waals surface area contributed by atoms with Crippen LogP contribution in [0.15, 0.2) is 36.5 Å². The average molecular weight is 417 g/mol. The van der Waals surface area contributed by atoms with Gasteiger partial charge in [-0.05, 0) is 43.8 Å². The fourth-order valence-corrected chi connectivity index (χ4v) is 3.43. The third-order valence-electron chi connectivity index (χ3n) is 5.00. The number of nitrogens with zero attached hydrogens (tertiary/aromatic N) is 4. The quantitative estimate of drug-likeness (QED) is 0.355. The van der Waals surface area contributed by atoms with Crippen LogP contribution in [-0.2, 0) is 0 Å². The molecule has 0 aliphatic heterocycles. The number of phenols is 1. The van der Waals surface area contributed by atoms with Crippen molar-refractivity contribution in [3.05, 3.63) is 53.5 Å². The van der Waals surface area contributed by atoms with E-state index in [2.05, 4.69) is 36.9 Å². The molecule has 0 fully saturated rings. The van der Waals surface area contributed by atoms with E-state index in [1.54, 1.807) is 13.1 Å². The standard InChI is InChI=1S/C22H20FN7O/c1-12-16(10-24)21(15-5-4-14(31)9-17(15)23)28-22-19(12)20(29-30-22)13-3-6-18(27-11-13)26-8-7-25-2/h3-6,9,11,25,31H,7-8H2,1-2H3,(H,26,27)(H,28,29,30). The molecule has 0 aliphatic carbocycles. The molecule has 0 aliphatic rings. The predicted octanol–water partition coefficient (Wildman–Crippen LogP) is 3.34. The first-order valence-corrected chi connectivity index (χ1v) is 9.66. The van der Waals surface area contributed by atoms with Gasteiger partial charge in [0.05, 0.1) is 22.3 Å². The van der Waals surface area contributed by atoms with Crippen LogP contribution in [0.1, 0.15) is 11.1 Å². The number of hydrogen-bond acceptors (Lipinski definition) is 7. The molecule has 0 saturated heterocycles.